The summed E-state index contributed by atoms with van der Waals surface area (Å²) in [5.41, 5.74) is 2.58. The second-order valence-corrected chi connectivity index (χ2v) is 6.71. The molecule has 0 aliphatic carbocycles. The van der Waals surface area contributed by atoms with E-state index in [1.807, 2.05) is 24.3 Å². The van der Waals surface area contributed by atoms with Crippen LogP contribution in [0.5, 0.6) is 0 Å². The van der Waals surface area contributed by atoms with Gasteiger partial charge in [0.1, 0.15) is 0 Å². The molecule has 7 nitrogen and oxygen atoms in total. The summed E-state index contributed by atoms with van der Waals surface area (Å²) in [5.74, 6) is -0.0198. The van der Waals surface area contributed by atoms with Crippen molar-refractivity contribution in [3.8, 4) is 11.3 Å². The molecule has 2 aromatic rings. The molecule has 25 heavy (non-hydrogen) atoms. The van der Waals surface area contributed by atoms with Crippen LogP contribution in [0.4, 0.5) is 10.5 Å². The molecule has 1 aromatic heterocycles. The molecule has 7 heteroatoms. The molecule has 0 spiro atoms. The number of nitrogens with zero attached hydrogens (tertiary/aromatic N) is 2. The Hall–Kier alpha value is -2.83. The van der Waals surface area contributed by atoms with Crippen LogP contribution in [0.25, 0.3) is 11.3 Å². The van der Waals surface area contributed by atoms with E-state index in [1.165, 1.54) is 0 Å². The number of rotatable bonds is 2. The number of H-pyrrole nitrogens is 1. The Bertz CT molecular complexity index is 774. The number of likely N-dealkylation sites (tertiary alicyclic amines) is 1. The summed E-state index contributed by atoms with van der Waals surface area (Å²) >= 11 is 0. The molecule has 3 amide bonds. The molecular weight excluding hydrogens is 318 g/mol. The Morgan fingerprint density at radius 2 is 2.20 bits per heavy atom. The molecule has 130 valence electrons. The van der Waals surface area contributed by atoms with Crippen molar-refractivity contribution in [2.75, 3.05) is 18.4 Å². The normalized spacial score (nSPS) is 22.9. The summed E-state index contributed by atoms with van der Waals surface area (Å²) in [6.07, 6.45) is 6.19. The zero-order valence-corrected chi connectivity index (χ0v) is 13.9. The van der Waals surface area contributed by atoms with Crippen LogP contribution in [0, 0.1) is 5.92 Å². The third kappa shape index (κ3) is 3.35. The molecule has 0 radical (unpaired) electrons. The van der Waals surface area contributed by atoms with Crippen LogP contribution in [0.15, 0.2) is 36.8 Å². The second-order valence-electron chi connectivity index (χ2n) is 6.71. The summed E-state index contributed by atoms with van der Waals surface area (Å²) in [5, 5.41) is 6.00. The molecule has 2 bridgehead atoms. The highest BCUT2D eigenvalue weighted by atomic mass is 16.2. The number of fused-ring (bicyclic) bond motifs is 3. The maximum absolute atomic E-state index is 12.7. The number of carbonyl (C=O) groups is 2. The summed E-state index contributed by atoms with van der Waals surface area (Å²) in [6.45, 7) is 1.04. The highest BCUT2D eigenvalue weighted by Gasteiger charge is 2.34. The molecule has 2 aliphatic rings. The fourth-order valence-corrected chi connectivity index (χ4v) is 3.60. The lowest BCUT2D eigenvalue weighted by Crippen LogP contribution is -2.43. The van der Waals surface area contributed by atoms with Crippen molar-refractivity contribution in [1.82, 2.24) is 20.2 Å². The Kier molecular flexibility index (Phi) is 4.13. The van der Waals surface area contributed by atoms with E-state index in [-0.39, 0.29) is 23.9 Å². The number of amides is 3. The number of hydrogen-bond donors (Lipinski definition) is 3. The Morgan fingerprint density at radius 1 is 1.28 bits per heavy atom. The predicted octanol–water partition coefficient (Wildman–Crippen LogP) is 2.21. The first kappa shape index (κ1) is 15.7. The molecule has 2 saturated heterocycles. The van der Waals surface area contributed by atoms with Gasteiger partial charge in [-0.1, -0.05) is 18.6 Å². The quantitative estimate of drug-likeness (QED) is 0.783. The van der Waals surface area contributed by atoms with Gasteiger partial charge in [-0.25, -0.2) is 9.78 Å². The van der Waals surface area contributed by atoms with Gasteiger partial charge >= 0.3 is 6.03 Å². The summed E-state index contributed by atoms with van der Waals surface area (Å²) in [4.78, 5) is 33.7. The molecule has 3 N–H and O–H groups in total. The molecule has 2 fully saturated rings. The summed E-state index contributed by atoms with van der Waals surface area (Å²) in [7, 11) is 0. The van der Waals surface area contributed by atoms with E-state index in [9.17, 15) is 9.59 Å². The van der Waals surface area contributed by atoms with Crippen LogP contribution in [-0.2, 0) is 4.79 Å². The average molecular weight is 339 g/mol. The smallest absolute Gasteiger partial charge is 0.321 e. The minimum atomic E-state index is -0.157. The van der Waals surface area contributed by atoms with E-state index >= 15 is 0 Å². The van der Waals surface area contributed by atoms with Gasteiger partial charge in [-0.05, 0) is 25.0 Å². The van der Waals surface area contributed by atoms with Gasteiger partial charge in [0.25, 0.3) is 0 Å². The van der Waals surface area contributed by atoms with Crippen molar-refractivity contribution in [2.24, 2.45) is 5.92 Å². The van der Waals surface area contributed by atoms with Gasteiger partial charge in [-0.15, -0.1) is 0 Å². The van der Waals surface area contributed by atoms with E-state index < -0.39 is 0 Å². The second kappa shape index (κ2) is 6.58. The molecule has 3 heterocycles. The van der Waals surface area contributed by atoms with Gasteiger partial charge < -0.3 is 20.5 Å². The zero-order chi connectivity index (χ0) is 17.2. The van der Waals surface area contributed by atoms with Gasteiger partial charge in [0, 0.05) is 30.4 Å². The maximum Gasteiger partial charge on any atom is 0.321 e. The van der Waals surface area contributed by atoms with Crippen molar-refractivity contribution in [3.63, 3.8) is 0 Å². The van der Waals surface area contributed by atoms with Crippen molar-refractivity contribution < 1.29 is 9.59 Å². The zero-order valence-electron chi connectivity index (χ0n) is 13.9. The van der Waals surface area contributed by atoms with Crippen LogP contribution >= 0.6 is 0 Å². The fraction of sp³-hybridized carbons (Fsp3) is 0.389. The van der Waals surface area contributed by atoms with Crippen molar-refractivity contribution in [1.29, 1.82) is 0 Å². The highest BCUT2D eigenvalue weighted by molar-refractivity contribution is 5.91. The lowest BCUT2D eigenvalue weighted by atomic mass is 9.99. The number of benzene rings is 1. The first-order chi connectivity index (χ1) is 12.2. The first-order valence-corrected chi connectivity index (χ1v) is 8.64. The van der Waals surface area contributed by atoms with Gasteiger partial charge in [0.15, 0.2) is 0 Å². The third-order valence-corrected chi connectivity index (χ3v) is 4.91. The summed E-state index contributed by atoms with van der Waals surface area (Å²) < 4.78 is 0. The number of imidazole rings is 1. The van der Waals surface area contributed by atoms with E-state index in [0.717, 1.165) is 36.2 Å². The fourth-order valence-electron chi connectivity index (χ4n) is 3.60. The first-order valence-electron chi connectivity index (χ1n) is 8.64. The number of aromatic nitrogens is 2. The minimum Gasteiger partial charge on any atom is -0.351 e. The highest BCUT2D eigenvalue weighted by Crippen LogP contribution is 2.24. The largest absolute Gasteiger partial charge is 0.351 e. The number of aromatic amines is 1. The molecule has 4 rings (SSSR count). The van der Waals surface area contributed by atoms with Crippen LogP contribution in [0.3, 0.4) is 0 Å². The lowest BCUT2D eigenvalue weighted by Gasteiger charge is -2.27. The van der Waals surface area contributed by atoms with E-state index in [1.54, 1.807) is 17.4 Å². The Balaban J connectivity index is 1.49. The van der Waals surface area contributed by atoms with Crippen LogP contribution in [-0.4, -0.2) is 45.9 Å². The predicted molar refractivity (Wildman–Crippen MR) is 93.9 cm³/mol. The van der Waals surface area contributed by atoms with Crippen LogP contribution < -0.4 is 10.6 Å². The van der Waals surface area contributed by atoms with Crippen LogP contribution in [0.1, 0.15) is 19.3 Å². The number of carbonyl (C=O) groups excluding carboxylic acids is 2. The number of hydrogen-bond acceptors (Lipinski definition) is 3. The molecule has 2 aliphatic heterocycles. The Morgan fingerprint density at radius 3 is 3.04 bits per heavy atom. The van der Waals surface area contributed by atoms with Crippen molar-refractivity contribution in [2.45, 2.75) is 25.3 Å². The minimum absolute atomic E-state index is 0.0575. The Labute approximate surface area is 145 Å². The van der Waals surface area contributed by atoms with E-state index in [2.05, 4.69) is 20.6 Å². The number of nitrogens with one attached hydrogen (secondary N) is 3. The third-order valence-electron chi connectivity index (χ3n) is 4.91. The van der Waals surface area contributed by atoms with Crippen molar-refractivity contribution >= 4 is 17.6 Å². The molecule has 1 aromatic carbocycles. The monoisotopic (exact) mass is 339 g/mol. The molecule has 0 saturated carbocycles. The number of anilines is 1. The van der Waals surface area contributed by atoms with Gasteiger partial charge in [-0.2, -0.15) is 0 Å². The van der Waals surface area contributed by atoms with Gasteiger partial charge in [0.2, 0.25) is 5.91 Å². The van der Waals surface area contributed by atoms with Gasteiger partial charge in [-0.3, -0.25) is 4.79 Å². The van der Waals surface area contributed by atoms with Crippen molar-refractivity contribution in [3.05, 3.63) is 36.8 Å². The maximum atomic E-state index is 12.7. The van der Waals surface area contributed by atoms with Crippen LogP contribution in [0.2, 0.25) is 0 Å². The van der Waals surface area contributed by atoms with E-state index in [0.29, 0.717) is 13.1 Å². The lowest BCUT2D eigenvalue weighted by molar-refractivity contribution is -0.124. The topological polar surface area (TPSA) is 90.1 Å². The molecule has 2 atom stereocenters. The standard InChI is InChI=1S/C18H21N5O2/c24-17-13-4-2-6-15(21-17)10-23(9-13)18(25)22-14-5-1-3-12(7-14)16-8-19-11-20-16/h1,3,5,7-8,11,13,15H,2,4,6,9-10H2,(H,19,20)(H,21,24)(H,22,25). The van der Waals surface area contributed by atoms with Gasteiger partial charge in [0.05, 0.1) is 24.1 Å². The number of urea groups is 1. The molecular formula is C18H21N5O2. The van der Waals surface area contributed by atoms with E-state index in [4.69, 9.17) is 0 Å². The average Bonchev–Trinajstić information content (AvgIpc) is 3.00. The SMILES string of the molecule is O=C1NC2CCCC1CN(C(=O)Nc1cccc(-c3cnc[nH]3)c1)C2. The summed E-state index contributed by atoms with van der Waals surface area (Å²) in [6, 6.07) is 7.53. The molecule has 2 unspecified atom stereocenters.